The zero-order valence-corrected chi connectivity index (χ0v) is 36.4. The summed E-state index contributed by atoms with van der Waals surface area (Å²) in [6.07, 6.45) is 7.01. The minimum atomic E-state index is -4.54. The van der Waals surface area contributed by atoms with Crippen molar-refractivity contribution < 1.29 is 51.9 Å². The lowest BCUT2D eigenvalue weighted by atomic mass is 10.0. The molecule has 2 aliphatic heterocycles. The van der Waals surface area contributed by atoms with E-state index >= 15 is 0 Å². The fraction of sp³-hybridized carbons (Fsp3) is 0. The highest BCUT2D eigenvalue weighted by molar-refractivity contribution is 7.86. The summed E-state index contributed by atoms with van der Waals surface area (Å²) in [5, 5.41) is 0. The van der Waals surface area contributed by atoms with Gasteiger partial charge >= 0.3 is 0 Å². The maximum absolute atomic E-state index is 12.0. The van der Waals surface area contributed by atoms with Gasteiger partial charge in [0.05, 0.1) is 42.4 Å². The molecule has 0 saturated heterocycles. The second kappa shape index (κ2) is 15.7. The summed E-state index contributed by atoms with van der Waals surface area (Å²) in [5.41, 5.74) is 6.86. The van der Waals surface area contributed by atoms with Crippen molar-refractivity contribution in [3.8, 4) is 44.5 Å². The van der Waals surface area contributed by atoms with Crippen molar-refractivity contribution in [1.29, 1.82) is 0 Å². The van der Waals surface area contributed by atoms with Crippen LogP contribution in [-0.4, -0.2) is 66.8 Å². The van der Waals surface area contributed by atoms with Crippen molar-refractivity contribution >= 4 is 96.5 Å². The Labute approximate surface area is 369 Å². The van der Waals surface area contributed by atoms with Crippen molar-refractivity contribution in [1.82, 2.24) is 15.0 Å². The number of H-pyrrole nitrogens is 1. The Hall–Kier alpha value is -6.46. The molecular weight excluding hydrogens is 923 g/mol. The lowest BCUT2D eigenvalue weighted by Crippen LogP contribution is -1.97. The van der Waals surface area contributed by atoms with E-state index in [0.717, 1.165) is 0 Å². The van der Waals surface area contributed by atoms with Crippen LogP contribution in [0.1, 0.15) is 22.8 Å². The van der Waals surface area contributed by atoms with Crippen molar-refractivity contribution in [2.75, 3.05) is 0 Å². The molecule has 322 valence electrons. The summed E-state index contributed by atoms with van der Waals surface area (Å²) >= 11 is 1.32. The molecule has 20 heteroatoms. The molecule has 0 saturated carbocycles. The molecule has 3 aromatic heterocycles. The van der Waals surface area contributed by atoms with Gasteiger partial charge in [0, 0.05) is 42.7 Å². The summed E-state index contributed by atoms with van der Waals surface area (Å²) in [6, 6.07) is 29.4. The average Bonchev–Trinajstić information content (AvgIpc) is 4.08. The minimum Gasteiger partial charge on any atom is -0.354 e. The number of fused-ring (bicyclic) bond motifs is 8. The van der Waals surface area contributed by atoms with Gasteiger partial charge in [0.2, 0.25) is 0 Å². The Morgan fingerprint density at radius 2 is 0.594 bits per heavy atom. The van der Waals surface area contributed by atoms with E-state index in [1.807, 2.05) is 12.1 Å². The molecule has 0 spiro atoms. The first-order valence-corrected chi connectivity index (χ1v) is 25.2. The summed E-state index contributed by atoms with van der Waals surface area (Å²) in [7, 11) is -18.2. The molecule has 0 fully saturated rings. The Morgan fingerprint density at radius 3 is 0.859 bits per heavy atom. The fourth-order valence-electron chi connectivity index (χ4n) is 7.46. The number of aromatic nitrogens is 3. The second-order valence-corrected chi connectivity index (χ2v) is 21.1. The largest absolute Gasteiger partial charge is 0.354 e. The number of aromatic amines is 1. The van der Waals surface area contributed by atoms with Gasteiger partial charge in [-0.25, -0.2) is 9.97 Å². The molecular formula is C44H29N3O12S5. The Morgan fingerprint density at radius 1 is 0.344 bits per heavy atom. The van der Waals surface area contributed by atoms with Gasteiger partial charge in [0.15, 0.2) is 0 Å². The zero-order valence-electron chi connectivity index (χ0n) is 32.3. The van der Waals surface area contributed by atoms with Gasteiger partial charge in [0.1, 0.15) is 0 Å². The standard InChI is InChI=1S/C44H29N3O12S5/c48-61(49,50)29-9-1-25(2-10-29)41-33-17-18-34(45-33)42(26-3-11-30(12-4-26)62(51,52)53)36-20-22-38(47-36)44(28-7-15-32(16-8-28)64(57,58)59)40-24-23-39(60-40)43(37-21-19-35(41)46-37)27-5-13-31(14-6-27)63(54,55)56/h1-24,45H,(H,48,49,50)(H,51,52,53)(H,54,55,56)(H,57,58,59). The van der Waals surface area contributed by atoms with E-state index in [1.54, 1.807) is 36.4 Å². The van der Waals surface area contributed by atoms with E-state index < -0.39 is 40.5 Å². The van der Waals surface area contributed by atoms with Crippen LogP contribution in [0.3, 0.4) is 0 Å². The smallest absolute Gasteiger partial charge is 0.294 e. The number of hydrogen-bond donors (Lipinski definition) is 5. The maximum Gasteiger partial charge on any atom is 0.294 e. The predicted molar refractivity (Wildman–Crippen MR) is 243 cm³/mol. The highest BCUT2D eigenvalue weighted by atomic mass is 32.2. The molecule has 7 aromatic rings. The molecule has 0 atom stereocenters. The van der Waals surface area contributed by atoms with Crippen LogP contribution in [-0.2, 0) is 40.5 Å². The molecule has 0 aliphatic carbocycles. The molecule has 5 heterocycles. The number of hydrogen-bond acceptors (Lipinski definition) is 11. The quantitative estimate of drug-likeness (QED) is 0.0891. The predicted octanol–water partition coefficient (Wildman–Crippen LogP) is 9.04. The highest BCUT2D eigenvalue weighted by Crippen LogP contribution is 2.42. The van der Waals surface area contributed by atoms with Crippen LogP contribution in [0.15, 0.2) is 141 Å². The Kier molecular flexibility index (Phi) is 10.5. The number of thiophene rings is 1. The molecule has 4 aromatic carbocycles. The van der Waals surface area contributed by atoms with Gasteiger partial charge in [-0.3, -0.25) is 18.2 Å². The summed E-state index contributed by atoms with van der Waals surface area (Å²) in [5.74, 6) is 0. The summed E-state index contributed by atoms with van der Waals surface area (Å²) < 4.78 is 137. The van der Waals surface area contributed by atoms with Crippen molar-refractivity contribution in [2.24, 2.45) is 0 Å². The van der Waals surface area contributed by atoms with Gasteiger partial charge in [-0.2, -0.15) is 33.7 Å². The minimum absolute atomic E-state index is 0.327. The fourth-order valence-corrected chi connectivity index (χ4v) is 10.5. The highest BCUT2D eigenvalue weighted by Gasteiger charge is 2.21. The van der Waals surface area contributed by atoms with Crippen molar-refractivity contribution in [3.05, 3.63) is 144 Å². The average molecular weight is 952 g/mol. The number of nitrogens with zero attached hydrogens (tertiary/aromatic N) is 2. The first kappa shape index (κ1) is 42.8. The maximum atomic E-state index is 12.0. The summed E-state index contributed by atoms with van der Waals surface area (Å²) in [4.78, 5) is 12.3. The molecule has 0 unspecified atom stereocenters. The third-order valence-corrected chi connectivity index (χ3v) is 15.0. The van der Waals surface area contributed by atoms with Crippen LogP contribution in [0.2, 0.25) is 0 Å². The normalized spacial score (nSPS) is 13.1. The lowest BCUT2D eigenvalue weighted by molar-refractivity contribution is 0.481. The molecule has 15 nitrogen and oxygen atoms in total. The zero-order chi connectivity index (χ0) is 45.3. The van der Waals surface area contributed by atoms with E-state index in [9.17, 15) is 51.9 Å². The lowest BCUT2D eigenvalue weighted by Gasteiger charge is -2.08. The van der Waals surface area contributed by atoms with Gasteiger partial charge in [-0.1, -0.05) is 48.5 Å². The van der Waals surface area contributed by atoms with Gasteiger partial charge in [0.25, 0.3) is 40.5 Å². The SMILES string of the molecule is O=S(=O)(O)c1ccc(-c2c3nc(c(-c4ccc(S(=O)(=O)O)cc4)c4ccc(s4)c(-c4ccc(S(=O)(=O)O)cc4)c4nc(c(-c5ccc(S(=O)(=O)O)cc5)c5ccc2[nH]5)C=C4)C=C3)cc1. The van der Waals surface area contributed by atoms with Crippen LogP contribution in [0, 0.1) is 0 Å². The van der Waals surface area contributed by atoms with Crippen LogP contribution in [0.5, 0.6) is 0 Å². The number of rotatable bonds is 8. The molecule has 5 N–H and O–H groups in total. The summed E-state index contributed by atoms with van der Waals surface area (Å²) in [6.45, 7) is 0. The molecule has 2 aliphatic rings. The third kappa shape index (κ3) is 8.25. The van der Waals surface area contributed by atoms with E-state index in [4.69, 9.17) is 9.97 Å². The molecule has 0 amide bonds. The van der Waals surface area contributed by atoms with E-state index in [0.29, 0.717) is 87.7 Å². The van der Waals surface area contributed by atoms with E-state index in [2.05, 4.69) is 4.98 Å². The molecule has 9 rings (SSSR count). The number of nitrogens with one attached hydrogen (secondary N) is 1. The molecule has 0 radical (unpaired) electrons. The van der Waals surface area contributed by atoms with Crippen LogP contribution >= 0.6 is 11.3 Å². The van der Waals surface area contributed by atoms with Crippen molar-refractivity contribution in [3.63, 3.8) is 0 Å². The second-order valence-electron chi connectivity index (χ2n) is 14.4. The van der Waals surface area contributed by atoms with Gasteiger partial charge < -0.3 is 4.98 Å². The van der Waals surface area contributed by atoms with E-state index in [1.165, 1.54) is 108 Å². The van der Waals surface area contributed by atoms with Crippen molar-refractivity contribution in [2.45, 2.75) is 19.6 Å². The molecule has 8 bridgehead atoms. The monoisotopic (exact) mass is 951 g/mol. The Bertz CT molecular complexity index is 3300. The topological polar surface area (TPSA) is 259 Å². The van der Waals surface area contributed by atoms with Gasteiger partial charge in [-0.05, 0) is 119 Å². The van der Waals surface area contributed by atoms with Crippen LogP contribution < -0.4 is 0 Å². The van der Waals surface area contributed by atoms with E-state index in [-0.39, 0.29) is 19.6 Å². The van der Waals surface area contributed by atoms with Gasteiger partial charge in [-0.15, -0.1) is 11.3 Å². The Balaban J connectivity index is 1.44. The first-order chi connectivity index (χ1) is 30.2. The first-order valence-electron chi connectivity index (χ1n) is 18.6. The van der Waals surface area contributed by atoms with Crippen LogP contribution in [0.4, 0.5) is 0 Å². The number of benzene rings is 4. The molecule has 64 heavy (non-hydrogen) atoms. The third-order valence-electron chi connectivity index (χ3n) is 10.4. The van der Waals surface area contributed by atoms with Crippen LogP contribution in [0.25, 0.3) is 89.2 Å².